The van der Waals surface area contributed by atoms with Crippen molar-refractivity contribution in [3.05, 3.63) is 17.9 Å². The molecule has 0 radical (unpaired) electrons. The molecule has 0 spiro atoms. The second kappa shape index (κ2) is 6.89. The van der Waals surface area contributed by atoms with E-state index in [-0.39, 0.29) is 0 Å². The second-order valence-corrected chi connectivity index (χ2v) is 7.16. The number of aromatic nitrogens is 2. The molecule has 0 atom stereocenters. The van der Waals surface area contributed by atoms with Gasteiger partial charge in [0.1, 0.15) is 5.52 Å². The molecule has 4 N–H and O–H groups in total. The van der Waals surface area contributed by atoms with Gasteiger partial charge < -0.3 is 16.0 Å². The maximum Gasteiger partial charge on any atom is 0.201 e. The van der Waals surface area contributed by atoms with Crippen molar-refractivity contribution in [3.63, 3.8) is 0 Å². The van der Waals surface area contributed by atoms with Crippen LogP contribution in [0.15, 0.2) is 17.9 Å². The van der Waals surface area contributed by atoms with Gasteiger partial charge in [0.05, 0.1) is 14.5 Å². The van der Waals surface area contributed by atoms with Crippen LogP contribution < -0.4 is 11.1 Å². The van der Waals surface area contributed by atoms with Crippen LogP contribution in [-0.4, -0.2) is 23.1 Å². The summed E-state index contributed by atoms with van der Waals surface area (Å²) in [7, 11) is 0. The van der Waals surface area contributed by atoms with Crippen molar-refractivity contribution in [2.75, 3.05) is 18.4 Å². The number of aromatic amines is 1. The van der Waals surface area contributed by atoms with Crippen molar-refractivity contribution in [2.24, 2.45) is 5.73 Å². The predicted octanol–water partition coefficient (Wildman–Crippen LogP) is 4.76. The number of anilines is 1. The Kier molecular flexibility index (Phi) is 5.71. The maximum atomic E-state index is 5.47. The summed E-state index contributed by atoms with van der Waals surface area (Å²) in [4.78, 5) is 7.82. The van der Waals surface area contributed by atoms with Crippen molar-refractivity contribution in [3.8, 4) is 0 Å². The van der Waals surface area contributed by atoms with Gasteiger partial charge in [0.2, 0.25) is 5.95 Å². The molecule has 0 aliphatic heterocycles. The minimum Gasteiger partial charge on any atom is -0.356 e. The summed E-state index contributed by atoms with van der Waals surface area (Å²) < 4.78 is 3.75. The van der Waals surface area contributed by atoms with Gasteiger partial charge in [-0.1, -0.05) is 0 Å². The fourth-order valence-corrected chi connectivity index (χ4v) is 3.94. The van der Waals surface area contributed by atoms with Crippen molar-refractivity contribution < 1.29 is 0 Å². The fourth-order valence-electron chi connectivity index (χ4n) is 1.66. The van der Waals surface area contributed by atoms with E-state index < -0.39 is 0 Å². The van der Waals surface area contributed by atoms with E-state index >= 15 is 0 Å². The number of fused-ring (bicyclic) bond motifs is 1. The van der Waals surface area contributed by atoms with Crippen LogP contribution in [0.4, 0.5) is 5.95 Å². The van der Waals surface area contributed by atoms with Crippen LogP contribution in [0.2, 0.25) is 0 Å². The monoisotopic (exact) mass is 516 g/mol. The molecule has 0 fully saturated rings. The Morgan fingerprint density at radius 2 is 1.68 bits per heavy atom. The smallest absolute Gasteiger partial charge is 0.201 e. The Morgan fingerprint density at radius 1 is 1.00 bits per heavy atom. The zero-order valence-electron chi connectivity index (χ0n) is 9.86. The summed E-state index contributed by atoms with van der Waals surface area (Å²) in [5.41, 5.74) is 7.29. The molecule has 1 heterocycles. The third-order valence-electron chi connectivity index (χ3n) is 2.63. The molecule has 1 aromatic heterocycles. The second-order valence-electron chi connectivity index (χ2n) is 3.99. The van der Waals surface area contributed by atoms with Crippen molar-refractivity contribution in [2.45, 2.75) is 12.8 Å². The van der Waals surface area contributed by atoms with E-state index in [1.54, 1.807) is 0 Å². The number of hydrogen-bond donors (Lipinski definition) is 3. The molecule has 104 valence electrons. The third-order valence-corrected chi connectivity index (χ3v) is 7.38. The summed E-state index contributed by atoms with van der Waals surface area (Å²) in [5.74, 6) is 0.762. The Hall–Kier alpha value is 0.370. The van der Waals surface area contributed by atoms with Gasteiger partial charge in [0, 0.05) is 15.5 Å². The normalized spacial score (nSPS) is 11.2. The topological polar surface area (TPSA) is 66.7 Å². The molecule has 8 heteroatoms. The van der Waals surface area contributed by atoms with E-state index in [1.165, 1.54) is 0 Å². The first-order valence-corrected chi connectivity index (χ1v) is 8.89. The SMILES string of the molecule is NCCCCNc1nc2c(Br)c(Br)c(Br)c(Br)c2[nH]1. The highest BCUT2D eigenvalue weighted by Crippen LogP contribution is 2.42. The lowest BCUT2D eigenvalue weighted by atomic mass is 10.3. The molecule has 0 saturated carbocycles. The largest absolute Gasteiger partial charge is 0.356 e. The molecule has 2 rings (SSSR count). The Labute approximate surface area is 144 Å². The van der Waals surface area contributed by atoms with E-state index in [9.17, 15) is 0 Å². The van der Waals surface area contributed by atoms with Gasteiger partial charge in [-0.3, -0.25) is 0 Å². The van der Waals surface area contributed by atoms with Crippen LogP contribution in [0, 0.1) is 0 Å². The molecule has 0 saturated heterocycles. The van der Waals surface area contributed by atoms with E-state index in [4.69, 9.17) is 5.73 Å². The first kappa shape index (κ1) is 15.8. The molecule has 4 nitrogen and oxygen atoms in total. The van der Waals surface area contributed by atoms with Crippen LogP contribution in [0.1, 0.15) is 12.8 Å². The van der Waals surface area contributed by atoms with Gasteiger partial charge in [-0.15, -0.1) is 0 Å². The minimum absolute atomic E-state index is 0.721. The molecule has 0 aliphatic carbocycles. The summed E-state index contributed by atoms with van der Waals surface area (Å²) in [5, 5.41) is 3.27. The highest BCUT2D eigenvalue weighted by atomic mass is 79.9. The van der Waals surface area contributed by atoms with E-state index in [1.807, 2.05) is 0 Å². The van der Waals surface area contributed by atoms with Gasteiger partial charge >= 0.3 is 0 Å². The van der Waals surface area contributed by atoms with Crippen LogP contribution in [0.5, 0.6) is 0 Å². The van der Waals surface area contributed by atoms with Crippen molar-refractivity contribution in [1.82, 2.24) is 9.97 Å². The first-order chi connectivity index (χ1) is 9.06. The van der Waals surface area contributed by atoms with Gasteiger partial charge in [0.15, 0.2) is 0 Å². The number of rotatable bonds is 5. The Morgan fingerprint density at radius 3 is 2.37 bits per heavy atom. The van der Waals surface area contributed by atoms with Gasteiger partial charge in [-0.2, -0.15) is 0 Å². The fraction of sp³-hybridized carbons (Fsp3) is 0.364. The zero-order valence-corrected chi connectivity index (χ0v) is 16.2. The molecule has 19 heavy (non-hydrogen) atoms. The quantitative estimate of drug-likeness (QED) is 0.303. The molecule has 0 aliphatic rings. The first-order valence-electron chi connectivity index (χ1n) is 5.71. The molecule has 1 aromatic carbocycles. The van der Waals surface area contributed by atoms with Crippen LogP contribution >= 0.6 is 63.7 Å². The lowest BCUT2D eigenvalue weighted by Crippen LogP contribution is -2.06. The Balaban J connectivity index is 2.30. The Bertz CT molecular complexity index is 551. The average molecular weight is 520 g/mol. The van der Waals surface area contributed by atoms with E-state index in [2.05, 4.69) is 79.0 Å². The number of imidazole rings is 1. The summed E-state index contributed by atoms with van der Waals surface area (Å²) in [6.07, 6.45) is 2.04. The van der Waals surface area contributed by atoms with Crippen molar-refractivity contribution in [1.29, 1.82) is 0 Å². The number of nitrogens with zero attached hydrogens (tertiary/aromatic N) is 1. The molecular weight excluding hydrogens is 508 g/mol. The molecular formula is C11H12Br4N4. The number of H-pyrrole nitrogens is 1. The lowest BCUT2D eigenvalue weighted by Gasteiger charge is -2.03. The number of nitrogens with two attached hydrogens (primary N) is 1. The number of hydrogen-bond acceptors (Lipinski definition) is 3. The zero-order chi connectivity index (χ0) is 14.0. The van der Waals surface area contributed by atoms with Crippen LogP contribution in [-0.2, 0) is 0 Å². The van der Waals surface area contributed by atoms with Crippen LogP contribution in [0.25, 0.3) is 11.0 Å². The minimum atomic E-state index is 0.721. The summed E-state index contributed by atoms with van der Waals surface area (Å²) >= 11 is 14.2. The highest BCUT2D eigenvalue weighted by Gasteiger charge is 2.17. The molecule has 0 unspecified atom stereocenters. The maximum absolute atomic E-state index is 5.47. The van der Waals surface area contributed by atoms with Gasteiger partial charge in [-0.05, 0) is 83.1 Å². The number of nitrogens with one attached hydrogen (secondary N) is 2. The van der Waals surface area contributed by atoms with E-state index in [0.29, 0.717) is 0 Å². The molecule has 2 aromatic rings. The summed E-state index contributed by atoms with van der Waals surface area (Å²) in [6.45, 7) is 1.58. The predicted molar refractivity (Wildman–Crippen MR) is 93.7 cm³/mol. The standard InChI is InChI=1S/C11H12Br4N4/c12-5-6(13)8(15)10-9(7(5)14)18-11(19-10)17-4-2-1-3-16/h1-4,16H2,(H2,17,18,19). The molecule has 0 bridgehead atoms. The number of benzene rings is 1. The molecule has 0 amide bonds. The van der Waals surface area contributed by atoms with Crippen LogP contribution in [0.3, 0.4) is 0 Å². The van der Waals surface area contributed by atoms with Gasteiger partial charge in [-0.25, -0.2) is 4.98 Å². The highest BCUT2D eigenvalue weighted by molar-refractivity contribution is 9.15. The van der Waals surface area contributed by atoms with E-state index in [0.717, 1.165) is 60.8 Å². The van der Waals surface area contributed by atoms with Crippen molar-refractivity contribution >= 4 is 80.7 Å². The lowest BCUT2D eigenvalue weighted by molar-refractivity contribution is 0.771. The number of unbranched alkanes of at least 4 members (excludes halogenated alkanes) is 1. The summed E-state index contributed by atoms with van der Waals surface area (Å²) in [6, 6.07) is 0. The average Bonchev–Trinajstić information content (AvgIpc) is 2.83. The number of halogens is 4. The van der Waals surface area contributed by atoms with Gasteiger partial charge in [0.25, 0.3) is 0 Å². The third kappa shape index (κ3) is 3.34.